The lowest BCUT2D eigenvalue weighted by molar-refractivity contribution is 0.0689. The van der Waals surface area contributed by atoms with Gasteiger partial charge in [0.15, 0.2) is 5.69 Å². The van der Waals surface area contributed by atoms with Crippen molar-refractivity contribution in [3.63, 3.8) is 0 Å². The van der Waals surface area contributed by atoms with Crippen LogP contribution in [0.15, 0.2) is 61.1 Å². The van der Waals surface area contributed by atoms with Gasteiger partial charge >= 0.3 is 5.97 Å². The van der Waals surface area contributed by atoms with Gasteiger partial charge in [0.2, 0.25) is 0 Å². The van der Waals surface area contributed by atoms with Crippen molar-refractivity contribution < 1.29 is 19.4 Å². The van der Waals surface area contributed by atoms with Crippen LogP contribution in [0.5, 0.6) is 5.75 Å². The monoisotopic (exact) mass is 364 g/mol. The number of benzene rings is 1. The number of nitrogens with one attached hydrogen (secondary N) is 1. The van der Waals surface area contributed by atoms with Gasteiger partial charge in [-0.2, -0.15) is 0 Å². The van der Waals surface area contributed by atoms with E-state index in [0.717, 1.165) is 23.7 Å². The van der Waals surface area contributed by atoms with E-state index in [1.807, 2.05) is 42.5 Å². The van der Waals surface area contributed by atoms with E-state index in [9.17, 15) is 9.59 Å². The summed E-state index contributed by atoms with van der Waals surface area (Å²) in [5.41, 5.74) is 1.49. The number of carbonyl (C=O) groups is 2. The SMILES string of the molecule is O=C(O)c1cnc(C(=O)NCc2cccc(OCc3ccccn3)c2)cn1. The number of carboxylic acids is 1. The van der Waals surface area contributed by atoms with E-state index in [-0.39, 0.29) is 17.9 Å². The Bertz CT molecular complexity index is 930. The zero-order valence-electron chi connectivity index (χ0n) is 14.2. The highest BCUT2D eigenvalue weighted by Gasteiger charge is 2.10. The second-order valence-corrected chi connectivity index (χ2v) is 5.53. The fourth-order valence-corrected chi connectivity index (χ4v) is 2.21. The first-order valence-corrected chi connectivity index (χ1v) is 8.07. The predicted molar refractivity (Wildman–Crippen MR) is 95.2 cm³/mol. The lowest BCUT2D eigenvalue weighted by atomic mass is 10.2. The number of ether oxygens (including phenoxy) is 1. The van der Waals surface area contributed by atoms with Crippen molar-refractivity contribution in [3.05, 3.63) is 83.7 Å². The summed E-state index contributed by atoms with van der Waals surface area (Å²) >= 11 is 0. The van der Waals surface area contributed by atoms with E-state index in [0.29, 0.717) is 12.4 Å². The van der Waals surface area contributed by atoms with E-state index >= 15 is 0 Å². The normalized spacial score (nSPS) is 10.2. The minimum absolute atomic E-state index is 0.0440. The van der Waals surface area contributed by atoms with Gasteiger partial charge < -0.3 is 15.2 Å². The molecule has 0 aliphatic carbocycles. The highest BCUT2D eigenvalue weighted by atomic mass is 16.5. The second kappa shape index (κ2) is 8.52. The molecule has 8 heteroatoms. The molecule has 1 amide bonds. The van der Waals surface area contributed by atoms with Crippen molar-refractivity contribution in [3.8, 4) is 5.75 Å². The van der Waals surface area contributed by atoms with Crippen LogP contribution in [-0.4, -0.2) is 31.9 Å². The third-order valence-corrected chi connectivity index (χ3v) is 3.57. The summed E-state index contributed by atoms with van der Waals surface area (Å²) < 4.78 is 5.71. The lowest BCUT2D eigenvalue weighted by Crippen LogP contribution is -2.24. The summed E-state index contributed by atoms with van der Waals surface area (Å²) in [7, 11) is 0. The van der Waals surface area contributed by atoms with Crippen LogP contribution in [0.4, 0.5) is 0 Å². The van der Waals surface area contributed by atoms with Gasteiger partial charge in [-0.15, -0.1) is 0 Å². The number of pyridine rings is 1. The number of carbonyl (C=O) groups excluding carboxylic acids is 1. The van der Waals surface area contributed by atoms with Crippen molar-refractivity contribution in [2.75, 3.05) is 0 Å². The maximum atomic E-state index is 12.1. The molecule has 0 saturated heterocycles. The average Bonchev–Trinajstić information content (AvgIpc) is 2.71. The van der Waals surface area contributed by atoms with Gasteiger partial charge in [0, 0.05) is 12.7 Å². The van der Waals surface area contributed by atoms with E-state index in [1.165, 1.54) is 0 Å². The molecule has 0 aliphatic heterocycles. The van der Waals surface area contributed by atoms with Crippen LogP contribution in [-0.2, 0) is 13.2 Å². The minimum atomic E-state index is -1.20. The Hall–Kier alpha value is -3.81. The summed E-state index contributed by atoms with van der Waals surface area (Å²) in [5.74, 6) is -0.978. The van der Waals surface area contributed by atoms with Crippen molar-refractivity contribution in [1.29, 1.82) is 0 Å². The van der Waals surface area contributed by atoms with Gasteiger partial charge in [-0.3, -0.25) is 9.78 Å². The van der Waals surface area contributed by atoms with Gasteiger partial charge in [0.25, 0.3) is 5.91 Å². The zero-order valence-corrected chi connectivity index (χ0v) is 14.2. The van der Waals surface area contributed by atoms with E-state index in [4.69, 9.17) is 9.84 Å². The molecule has 136 valence electrons. The maximum absolute atomic E-state index is 12.1. The number of amides is 1. The molecule has 0 radical (unpaired) electrons. The molecule has 3 rings (SSSR count). The second-order valence-electron chi connectivity index (χ2n) is 5.53. The van der Waals surface area contributed by atoms with Crippen LogP contribution < -0.4 is 10.1 Å². The molecule has 0 saturated carbocycles. The number of aromatic nitrogens is 3. The van der Waals surface area contributed by atoms with E-state index in [2.05, 4.69) is 20.3 Å². The lowest BCUT2D eigenvalue weighted by Gasteiger charge is -2.09. The summed E-state index contributed by atoms with van der Waals surface area (Å²) in [6.45, 7) is 0.615. The molecule has 0 fully saturated rings. The summed E-state index contributed by atoms with van der Waals surface area (Å²) in [5, 5.41) is 11.5. The molecular formula is C19H16N4O4. The number of rotatable bonds is 7. The van der Waals surface area contributed by atoms with Crippen molar-refractivity contribution >= 4 is 11.9 Å². The molecule has 3 aromatic rings. The quantitative estimate of drug-likeness (QED) is 0.659. The van der Waals surface area contributed by atoms with Gasteiger partial charge in [0.1, 0.15) is 18.1 Å². The Morgan fingerprint density at radius 3 is 2.52 bits per heavy atom. The molecule has 1 aromatic carbocycles. The number of nitrogens with zero attached hydrogens (tertiary/aromatic N) is 3. The zero-order chi connectivity index (χ0) is 19.1. The molecule has 27 heavy (non-hydrogen) atoms. The molecule has 0 atom stereocenters. The maximum Gasteiger partial charge on any atom is 0.356 e. The molecule has 0 spiro atoms. The topological polar surface area (TPSA) is 114 Å². The van der Waals surface area contributed by atoms with Crippen LogP contribution in [0, 0.1) is 0 Å². The van der Waals surface area contributed by atoms with Gasteiger partial charge in [-0.25, -0.2) is 14.8 Å². The Balaban J connectivity index is 1.56. The fraction of sp³-hybridized carbons (Fsp3) is 0.105. The van der Waals surface area contributed by atoms with Crippen LogP contribution in [0.3, 0.4) is 0 Å². The summed E-state index contributed by atoms with van der Waals surface area (Å²) in [4.78, 5) is 34.5. The molecule has 0 unspecified atom stereocenters. The molecule has 2 aromatic heterocycles. The Labute approximate surface area is 154 Å². The van der Waals surface area contributed by atoms with Crippen LogP contribution >= 0.6 is 0 Å². The third-order valence-electron chi connectivity index (χ3n) is 3.57. The molecule has 2 heterocycles. The minimum Gasteiger partial charge on any atom is -0.487 e. The van der Waals surface area contributed by atoms with E-state index in [1.54, 1.807) is 6.20 Å². The van der Waals surface area contributed by atoms with Gasteiger partial charge in [-0.05, 0) is 29.8 Å². The fourth-order valence-electron chi connectivity index (χ4n) is 2.21. The largest absolute Gasteiger partial charge is 0.487 e. The highest BCUT2D eigenvalue weighted by molar-refractivity contribution is 5.92. The Morgan fingerprint density at radius 2 is 1.81 bits per heavy atom. The summed E-state index contributed by atoms with van der Waals surface area (Å²) in [6.07, 6.45) is 3.88. The van der Waals surface area contributed by atoms with Crippen molar-refractivity contribution in [2.45, 2.75) is 13.2 Å². The average molecular weight is 364 g/mol. The molecule has 8 nitrogen and oxygen atoms in total. The molecule has 2 N–H and O–H groups in total. The number of hydrogen-bond donors (Lipinski definition) is 2. The molecular weight excluding hydrogens is 348 g/mol. The first-order chi connectivity index (χ1) is 13.1. The van der Waals surface area contributed by atoms with Gasteiger partial charge in [0.05, 0.1) is 18.1 Å². The molecule has 0 bridgehead atoms. The number of aromatic carboxylic acids is 1. The van der Waals surface area contributed by atoms with Crippen LogP contribution in [0.25, 0.3) is 0 Å². The standard InChI is InChI=1S/C19H16N4O4/c24-18(16-10-22-17(11-21-16)19(25)26)23-9-13-4-3-6-15(8-13)27-12-14-5-1-2-7-20-14/h1-8,10-11H,9,12H2,(H,23,24)(H,25,26). The first-order valence-electron chi connectivity index (χ1n) is 8.07. The van der Waals surface area contributed by atoms with Crippen LogP contribution in [0.1, 0.15) is 32.2 Å². The Kier molecular flexibility index (Phi) is 5.68. The van der Waals surface area contributed by atoms with Crippen molar-refractivity contribution in [1.82, 2.24) is 20.3 Å². The third kappa shape index (κ3) is 5.08. The van der Waals surface area contributed by atoms with Gasteiger partial charge in [-0.1, -0.05) is 18.2 Å². The number of carboxylic acid groups (broad SMARTS) is 1. The highest BCUT2D eigenvalue weighted by Crippen LogP contribution is 2.15. The van der Waals surface area contributed by atoms with E-state index < -0.39 is 11.9 Å². The Morgan fingerprint density at radius 1 is 1.00 bits per heavy atom. The predicted octanol–water partition coefficient (Wildman–Crippen LogP) is 2.08. The first kappa shape index (κ1) is 18.0. The summed E-state index contributed by atoms with van der Waals surface area (Å²) in [6, 6.07) is 12.9. The molecule has 0 aliphatic rings. The number of hydrogen-bond acceptors (Lipinski definition) is 6. The smallest absolute Gasteiger partial charge is 0.356 e. The van der Waals surface area contributed by atoms with Crippen molar-refractivity contribution in [2.24, 2.45) is 0 Å². The van der Waals surface area contributed by atoms with Crippen LogP contribution in [0.2, 0.25) is 0 Å².